The molecule has 0 unspecified atom stereocenters. The van der Waals surface area contributed by atoms with Crippen molar-refractivity contribution in [2.75, 3.05) is 13.2 Å². The van der Waals surface area contributed by atoms with Gasteiger partial charge in [0.2, 0.25) is 0 Å². The standard InChI is InChI=1S/C14H16F2O4/c15-14(16)10-8-12-11(19-5-2-6-20-12)7-9(10)3-1-4-13(17)18/h7-8,14H,1-6H2,(H,17,18). The Hall–Kier alpha value is -1.85. The van der Waals surface area contributed by atoms with E-state index >= 15 is 0 Å². The highest BCUT2D eigenvalue weighted by Crippen LogP contribution is 2.37. The first kappa shape index (κ1) is 14.6. The van der Waals surface area contributed by atoms with Gasteiger partial charge in [0.15, 0.2) is 11.5 Å². The van der Waals surface area contributed by atoms with Crippen molar-refractivity contribution < 1.29 is 28.2 Å². The Labute approximate surface area is 115 Å². The molecule has 0 saturated carbocycles. The quantitative estimate of drug-likeness (QED) is 0.903. The minimum atomic E-state index is -2.62. The molecule has 0 radical (unpaired) electrons. The maximum Gasteiger partial charge on any atom is 0.303 e. The number of rotatable bonds is 5. The second kappa shape index (κ2) is 6.54. The summed E-state index contributed by atoms with van der Waals surface area (Å²) in [5.41, 5.74) is 0.310. The summed E-state index contributed by atoms with van der Waals surface area (Å²) in [7, 11) is 0. The molecule has 20 heavy (non-hydrogen) atoms. The number of ether oxygens (including phenoxy) is 2. The normalized spacial score (nSPS) is 14.2. The molecule has 1 aliphatic rings. The highest BCUT2D eigenvalue weighted by Gasteiger charge is 2.19. The molecule has 1 aromatic rings. The lowest BCUT2D eigenvalue weighted by Crippen LogP contribution is -2.01. The van der Waals surface area contributed by atoms with Crippen molar-refractivity contribution in [3.8, 4) is 11.5 Å². The van der Waals surface area contributed by atoms with E-state index in [0.717, 1.165) is 0 Å². The van der Waals surface area contributed by atoms with E-state index < -0.39 is 12.4 Å². The SMILES string of the molecule is O=C(O)CCCc1cc2c(cc1C(F)F)OCCCO2. The molecule has 0 aromatic heterocycles. The van der Waals surface area contributed by atoms with Crippen molar-refractivity contribution in [3.63, 3.8) is 0 Å². The van der Waals surface area contributed by atoms with Crippen LogP contribution in [0.2, 0.25) is 0 Å². The number of carboxylic acids is 1. The van der Waals surface area contributed by atoms with Crippen molar-refractivity contribution >= 4 is 5.97 Å². The molecule has 0 fully saturated rings. The summed E-state index contributed by atoms with van der Waals surface area (Å²) in [5, 5.41) is 8.61. The topological polar surface area (TPSA) is 55.8 Å². The molecule has 0 bridgehead atoms. The Morgan fingerprint density at radius 3 is 2.50 bits per heavy atom. The van der Waals surface area contributed by atoms with Gasteiger partial charge < -0.3 is 14.6 Å². The summed E-state index contributed by atoms with van der Waals surface area (Å²) >= 11 is 0. The Balaban J connectivity index is 2.23. The van der Waals surface area contributed by atoms with Crippen LogP contribution < -0.4 is 9.47 Å². The number of benzene rings is 1. The smallest absolute Gasteiger partial charge is 0.303 e. The molecule has 0 atom stereocenters. The van der Waals surface area contributed by atoms with Gasteiger partial charge in [0.1, 0.15) is 0 Å². The van der Waals surface area contributed by atoms with Crippen LogP contribution in [-0.2, 0) is 11.2 Å². The van der Waals surface area contributed by atoms with Gasteiger partial charge in [-0.25, -0.2) is 8.78 Å². The second-order valence-electron chi connectivity index (χ2n) is 4.60. The van der Waals surface area contributed by atoms with Crippen LogP contribution in [0.25, 0.3) is 0 Å². The molecule has 4 nitrogen and oxygen atoms in total. The number of carbonyl (C=O) groups is 1. The Kier molecular flexibility index (Phi) is 4.76. The average Bonchev–Trinajstić information content (AvgIpc) is 2.61. The van der Waals surface area contributed by atoms with Crippen LogP contribution in [0, 0.1) is 0 Å². The summed E-state index contributed by atoms with van der Waals surface area (Å²) < 4.78 is 37.0. The Morgan fingerprint density at radius 1 is 1.25 bits per heavy atom. The van der Waals surface area contributed by atoms with Gasteiger partial charge >= 0.3 is 5.97 Å². The van der Waals surface area contributed by atoms with Crippen LogP contribution in [0.3, 0.4) is 0 Å². The van der Waals surface area contributed by atoms with E-state index in [2.05, 4.69) is 0 Å². The van der Waals surface area contributed by atoms with Crippen molar-refractivity contribution in [2.24, 2.45) is 0 Å². The third-order valence-electron chi connectivity index (χ3n) is 3.08. The molecular formula is C14H16F2O4. The molecule has 110 valence electrons. The van der Waals surface area contributed by atoms with Gasteiger partial charge in [-0.3, -0.25) is 4.79 Å². The van der Waals surface area contributed by atoms with E-state index in [1.54, 1.807) is 6.07 Å². The zero-order valence-electron chi connectivity index (χ0n) is 10.9. The van der Waals surface area contributed by atoms with Crippen LogP contribution >= 0.6 is 0 Å². The van der Waals surface area contributed by atoms with Gasteiger partial charge in [0.05, 0.1) is 13.2 Å². The lowest BCUT2D eigenvalue weighted by Gasteiger charge is -2.14. The summed E-state index contributed by atoms with van der Waals surface area (Å²) in [6.45, 7) is 0.920. The summed E-state index contributed by atoms with van der Waals surface area (Å²) in [4.78, 5) is 10.5. The first-order chi connectivity index (χ1) is 9.58. The number of carboxylic acid groups (broad SMARTS) is 1. The minimum Gasteiger partial charge on any atom is -0.490 e. The predicted octanol–water partition coefficient (Wildman–Crippen LogP) is 3.19. The van der Waals surface area contributed by atoms with Crippen LogP contribution in [0.1, 0.15) is 36.8 Å². The highest BCUT2D eigenvalue weighted by atomic mass is 19.3. The molecule has 0 spiro atoms. The third kappa shape index (κ3) is 3.59. The molecule has 1 heterocycles. The largest absolute Gasteiger partial charge is 0.490 e. The predicted molar refractivity (Wildman–Crippen MR) is 67.6 cm³/mol. The van der Waals surface area contributed by atoms with Crippen LogP contribution in [-0.4, -0.2) is 24.3 Å². The molecule has 1 N–H and O–H groups in total. The molecular weight excluding hydrogens is 270 g/mol. The maximum absolute atomic E-state index is 13.1. The first-order valence-electron chi connectivity index (χ1n) is 6.50. The van der Waals surface area contributed by atoms with Crippen LogP contribution in [0.15, 0.2) is 12.1 Å². The maximum atomic E-state index is 13.1. The van der Waals surface area contributed by atoms with Crippen molar-refractivity contribution in [1.29, 1.82) is 0 Å². The second-order valence-corrected chi connectivity index (χ2v) is 4.60. The zero-order valence-corrected chi connectivity index (χ0v) is 10.9. The van der Waals surface area contributed by atoms with E-state index in [4.69, 9.17) is 14.6 Å². The van der Waals surface area contributed by atoms with Gasteiger partial charge in [0, 0.05) is 18.4 Å². The average molecular weight is 286 g/mol. The molecule has 2 rings (SSSR count). The number of fused-ring (bicyclic) bond motifs is 1. The van der Waals surface area contributed by atoms with Crippen molar-refractivity contribution in [1.82, 2.24) is 0 Å². The van der Waals surface area contributed by atoms with Gasteiger partial charge in [-0.05, 0) is 30.5 Å². The summed E-state index contributed by atoms with van der Waals surface area (Å²) in [6, 6.07) is 2.85. The molecule has 0 aliphatic carbocycles. The van der Waals surface area contributed by atoms with E-state index in [-0.39, 0.29) is 18.4 Å². The number of hydrogen-bond donors (Lipinski definition) is 1. The highest BCUT2D eigenvalue weighted by molar-refractivity contribution is 5.66. The molecule has 0 amide bonds. The number of aliphatic carboxylic acids is 1. The lowest BCUT2D eigenvalue weighted by molar-refractivity contribution is -0.137. The lowest BCUT2D eigenvalue weighted by atomic mass is 10.0. The summed E-state index contributed by atoms with van der Waals surface area (Å²) in [6.07, 6.45) is -1.37. The fourth-order valence-electron chi connectivity index (χ4n) is 2.12. The van der Waals surface area contributed by atoms with Crippen LogP contribution in [0.5, 0.6) is 11.5 Å². The van der Waals surface area contributed by atoms with Crippen molar-refractivity contribution in [3.05, 3.63) is 23.3 Å². The fourth-order valence-corrected chi connectivity index (χ4v) is 2.12. The van der Waals surface area contributed by atoms with Crippen LogP contribution in [0.4, 0.5) is 8.78 Å². The van der Waals surface area contributed by atoms with Crippen molar-refractivity contribution in [2.45, 2.75) is 32.1 Å². The van der Waals surface area contributed by atoms with E-state index in [9.17, 15) is 13.6 Å². The molecule has 0 saturated heterocycles. The summed E-state index contributed by atoms with van der Waals surface area (Å²) in [5.74, 6) is -0.144. The number of halogens is 2. The van der Waals surface area contributed by atoms with Gasteiger partial charge in [0.25, 0.3) is 6.43 Å². The molecule has 6 heteroatoms. The van der Waals surface area contributed by atoms with E-state index in [1.807, 2.05) is 0 Å². The van der Waals surface area contributed by atoms with E-state index in [0.29, 0.717) is 43.1 Å². The third-order valence-corrected chi connectivity index (χ3v) is 3.08. The monoisotopic (exact) mass is 286 g/mol. The first-order valence-corrected chi connectivity index (χ1v) is 6.50. The molecule has 1 aromatic carbocycles. The number of aryl methyl sites for hydroxylation is 1. The number of alkyl halides is 2. The Bertz CT molecular complexity index is 488. The zero-order chi connectivity index (χ0) is 14.5. The van der Waals surface area contributed by atoms with Gasteiger partial charge in [-0.1, -0.05) is 0 Å². The minimum absolute atomic E-state index is 0.0445. The number of hydrogen-bond acceptors (Lipinski definition) is 3. The van der Waals surface area contributed by atoms with Gasteiger partial charge in [-0.15, -0.1) is 0 Å². The molecule has 1 aliphatic heterocycles. The van der Waals surface area contributed by atoms with E-state index in [1.165, 1.54) is 6.07 Å². The Morgan fingerprint density at radius 2 is 1.90 bits per heavy atom. The fraction of sp³-hybridized carbons (Fsp3) is 0.500. The van der Waals surface area contributed by atoms with Gasteiger partial charge in [-0.2, -0.15) is 0 Å².